The van der Waals surface area contributed by atoms with Gasteiger partial charge in [0.1, 0.15) is 4.87 Å². The second-order valence-corrected chi connectivity index (χ2v) is 5.41. The fourth-order valence-electron chi connectivity index (χ4n) is 1.69. The van der Waals surface area contributed by atoms with E-state index in [-0.39, 0.29) is 16.7 Å². The lowest BCUT2D eigenvalue weighted by atomic mass is 10.2. The minimum absolute atomic E-state index is 0.108. The fourth-order valence-corrected chi connectivity index (χ4v) is 2.99. The predicted molar refractivity (Wildman–Crippen MR) is 64.7 cm³/mol. The first-order valence-electron chi connectivity index (χ1n) is 5.25. The summed E-state index contributed by atoms with van der Waals surface area (Å²) in [6, 6.07) is 0. The van der Waals surface area contributed by atoms with E-state index in [1.807, 2.05) is 6.92 Å². The van der Waals surface area contributed by atoms with Crippen LogP contribution in [0.3, 0.4) is 0 Å². The molecule has 2 amide bonds. The number of carbonyl (C=O) groups excluding carboxylic acids is 2. The quantitative estimate of drug-likeness (QED) is 0.799. The Kier molecular flexibility index (Phi) is 3.96. The van der Waals surface area contributed by atoms with E-state index in [2.05, 4.69) is 17.3 Å². The monoisotopic (exact) mass is 243 g/mol. The zero-order valence-electron chi connectivity index (χ0n) is 10.0. The summed E-state index contributed by atoms with van der Waals surface area (Å²) in [7, 11) is 0. The van der Waals surface area contributed by atoms with Crippen LogP contribution in [0.4, 0.5) is 0 Å². The Labute approximate surface area is 99.6 Å². The average molecular weight is 243 g/mol. The molecule has 0 saturated carbocycles. The van der Waals surface area contributed by atoms with Crippen LogP contribution in [0.5, 0.6) is 0 Å². The third-order valence-corrected chi connectivity index (χ3v) is 3.44. The molecule has 0 spiro atoms. The Bertz CT molecular complexity index is 343. The van der Waals surface area contributed by atoms with Crippen molar-refractivity contribution in [3.63, 3.8) is 0 Å². The van der Waals surface area contributed by atoms with Gasteiger partial charge in [-0.25, -0.2) is 5.01 Å². The smallest absolute Gasteiger partial charge is 0.240 e. The molecule has 5 nitrogen and oxygen atoms in total. The zero-order valence-corrected chi connectivity index (χ0v) is 10.8. The second-order valence-electron chi connectivity index (χ2n) is 3.94. The Hall–Kier alpha value is -1.04. The number of hydrogen-bond acceptors (Lipinski definition) is 4. The van der Waals surface area contributed by atoms with Crippen LogP contribution in [0.25, 0.3) is 0 Å². The van der Waals surface area contributed by atoms with Gasteiger partial charge in [-0.05, 0) is 13.3 Å². The van der Waals surface area contributed by atoms with Crippen LogP contribution in [-0.4, -0.2) is 26.9 Å². The summed E-state index contributed by atoms with van der Waals surface area (Å²) in [4.78, 5) is 22.0. The Balaban J connectivity index is 2.85. The van der Waals surface area contributed by atoms with Gasteiger partial charge in [-0.2, -0.15) is 0 Å². The van der Waals surface area contributed by atoms with Gasteiger partial charge >= 0.3 is 0 Å². The van der Waals surface area contributed by atoms with E-state index in [0.29, 0.717) is 5.17 Å². The minimum atomic E-state index is -0.377. The van der Waals surface area contributed by atoms with Gasteiger partial charge in [-0.15, -0.1) is 5.10 Å². The number of nitrogens with one attached hydrogen (secondary N) is 1. The van der Waals surface area contributed by atoms with Crippen LogP contribution in [0.1, 0.15) is 40.5 Å². The first-order chi connectivity index (χ1) is 7.39. The fraction of sp³-hybridized carbons (Fsp3) is 0.700. The highest BCUT2D eigenvalue weighted by Gasteiger charge is 2.41. The van der Waals surface area contributed by atoms with Gasteiger partial charge in [0.05, 0.1) is 0 Å². The number of amidine groups is 1. The molecule has 1 aliphatic heterocycles. The van der Waals surface area contributed by atoms with E-state index in [1.165, 1.54) is 30.6 Å². The standard InChI is InChI=1S/C10H17N3O2S/c1-5-6-10(4)13(8(3)15)12-9(16-10)11-7(2)14/h5-6H2,1-4H3,(H,11,12,14)/t10-/m1/s1. The summed E-state index contributed by atoms with van der Waals surface area (Å²) in [5.74, 6) is -0.278. The topological polar surface area (TPSA) is 61.8 Å². The summed E-state index contributed by atoms with van der Waals surface area (Å²) in [5.41, 5.74) is 0. The molecule has 0 aromatic rings. The number of rotatable bonds is 2. The van der Waals surface area contributed by atoms with E-state index in [0.717, 1.165) is 12.8 Å². The maximum Gasteiger partial charge on any atom is 0.240 e. The van der Waals surface area contributed by atoms with E-state index in [9.17, 15) is 9.59 Å². The molecule has 6 heteroatoms. The molecule has 0 unspecified atom stereocenters. The zero-order chi connectivity index (χ0) is 12.3. The van der Waals surface area contributed by atoms with Gasteiger partial charge in [0.15, 0.2) is 5.17 Å². The molecule has 0 saturated heterocycles. The first-order valence-corrected chi connectivity index (χ1v) is 6.06. The summed E-state index contributed by atoms with van der Waals surface area (Å²) >= 11 is 1.43. The van der Waals surface area contributed by atoms with E-state index in [4.69, 9.17) is 0 Å². The summed E-state index contributed by atoms with van der Waals surface area (Å²) in [5, 5.41) is 8.70. The van der Waals surface area contributed by atoms with Crippen molar-refractivity contribution in [3.05, 3.63) is 0 Å². The predicted octanol–water partition coefficient (Wildman–Crippen LogP) is 1.51. The number of hydrazone groups is 1. The molecule has 90 valence electrons. The summed E-state index contributed by atoms with van der Waals surface area (Å²) in [6.07, 6.45) is 1.79. The highest BCUT2D eigenvalue weighted by molar-refractivity contribution is 8.15. The van der Waals surface area contributed by atoms with Crippen LogP contribution < -0.4 is 5.32 Å². The molecule has 0 aliphatic carbocycles. The van der Waals surface area contributed by atoms with E-state index < -0.39 is 0 Å². The van der Waals surface area contributed by atoms with Gasteiger partial charge in [0, 0.05) is 13.8 Å². The molecule has 1 N–H and O–H groups in total. The van der Waals surface area contributed by atoms with Crippen molar-refractivity contribution in [1.82, 2.24) is 10.3 Å². The number of hydrogen-bond donors (Lipinski definition) is 1. The van der Waals surface area contributed by atoms with Crippen LogP contribution in [0.2, 0.25) is 0 Å². The second kappa shape index (κ2) is 4.86. The molecule has 0 fully saturated rings. The lowest BCUT2D eigenvalue weighted by Gasteiger charge is -2.30. The third kappa shape index (κ3) is 2.75. The molecular weight excluding hydrogens is 226 g/mol. The van der Waals surface area contributed by atoms with Gasteiger partial charge < -0.3 is 5.32 Å². The number of amides is 2. The Morgan fingerprint density at radius 3 is 2.56 bits per heavy atom. The first kappa shape index (κ1) is 13.0. The number of nitrogens with zero attached hydrogens (tertiary/aromatic N) is 2. The maximum atomic E-state index is 11.5. The molecule has 0 bridgehead atoms. The van der Waals surface area contributed by atoms with E-state index >= 15 is 0 Å². The molecule has 0 radical (unpaired) electrons. The molecule has 1 atom stereocenters. The molecule has 1 rings (SSSR count). The normalized spacial score (nSPS) is 24.2. The lowest BCUT2D eigenvalue weighted by molar-refractivity contribution is -0.131. The highest BCUT2D eigenvalue weighted by Crippen LogP contribution is 2.39. The van der Waals surface area contributed by atoms with Crippen molar-refractivity contribution >= 4 is 28.7 Å². The highest BCUT2D eigenvalue weighted by atomic mass is 32.2. The van der Waals surface area contributed by atoms with Gasteiger partial charge in [0.2, 0.25) is 11.8 Å². The van der Waals surface area contributed by atoms with Crippen LogP contribution in [0, 0.1) is 0 Å². The Morgan fingerprint density at radius 1 is 1.50 bits per heavy atom. The number of thioether (sulfide) groups is 1. The summed E-state index contributed by atoms with van der Waals surface area (Å²) in [6.45, 7) is 6.92. The maximum absolute atomic E-state index is 11.5. The van der Waals surface area contributed by atoms with Crippen molar-refractivity contribution in [3.8, 4) is 0 Å². The lowest BCUT2D eigenvalue weighted by Crippen LogP contribution is -2.39. The molecule has 0 aromatic carbocycles. The van der Waals surface area contributed by atoms with Gasteiger partial charge in [-0.3, -0.25) is 9.59 Å². The minimum Gasteiger partial charge on any atom is -0.304 e. The molecule has 1 heterocycles. The molecular formula is C10H17N3O2S. The van der Waals surface area contributed by atoms with Crippen molar-refractivity contribution in [2.24, 2.45) is 5.10 Å². The largest absolute Gasteiger partial charge is 0.304 e. The molecule has 16 heavy (non-hydrogen) atoms. The van der Waals surface area contributed by atoms with Gasteiger partial charge in [-0.1, -0.05) is 25.1 Å². The Morgan fingerprint density at radius 2 is 2.12 bits per heavy atom. The van der Waals surface area contributed by atoms with Crippen LogP contribution in [-0.2, 0) is 9.59 Å². The summed E-state index contributed by atoms with van der Waals surface area (Å²) < 4.78 is 0. The van der Waals surface area contributed by atoms with Gasteiger partial charge in [0.25, 0.3) is 0 Å². The van der Waals surface area contributed by atoms with Crippen molar-refractivity contribution in [2.75, 3.05) is 0 Å². The average Bonchev–Trinajstić information content (AvgIpc) is 2.42. The van der Waals surface area contributed by atoms with E-state index in [1.54, 1.807) is 0 Å². The van der Waals surface area contributed by atoms with Crippen molar-refractivity contribution in [1.29, 1.82) is 0 Å². The number of carbonyl (C=O) groups is 2. The van der Waals surface area contributed by atoms with Crippen LogP contribution >= 0.6 is 11.8 Å². The SMILES string of the molecule is CCC[C@@]1(C)SC(NC(C)=O)=NN1C(C)=O. The molecule has 0 aromatic heterocycles. The van der Waals surface area contributed by atoms with Crippen LogP contribution in [0.15, 0.2) is 5.10 Å². The molecule has 1 aliphatic rings. The third-order valence-electron chi connectivity index (χ3n) is 2.25. The van der Waals surface area contributed by atoms with Crippen molar-refractivity contribution in [2.45, 2.75) is 45.4 Å². The van der Waals surface area contributed by atoms with Crippen molar-refractivity contribution < 1.29 is 9.59 Å².